The van der Waals surface area contributed by atoms with Crippen molar-refractivity contribution in [1.29, 1.82) is 0 Å². The number of likely N-dealkylation sites (N-methyl/N-ethyl adjacent to an activating group) is 1. The van der Waals surface area contributed by atoms with Crippen LogP contribution in [0.25, 0.3) is 0 Å². The number of aryl methyl sites for hydroxylation is 1. The summed E-state index contributed by atoms with van der Waals surface area (Å²) in [6.07, 6.45) is 1.48. The average molecular weight is 398 g/mol. The van der Waals surface area contributed by atoms with Gasteiger partial charge in [-0.05, 0) is 31.2 Å². The Hall–Kier alpha value is -3.13. The summed E-state index contributed by atoms with van der Waals surface area (Å²) >= 11 is 0. The van der Waals surface area contributed by atoms with Crippen molar-refractivity contribution < 1.29 is 18.8 Å². The maximum absolute atomic E-state index is 12.5. The second-order valence-electron chi connectivity index (χ2n) is 7.21. The monoisotopic (exact) mass is 398 g/mol. The fourth-order valence-corrected chi connectivity index (χ4v) is 3.12. The highest BCUT2D eigenvalue weighted by molar-refractivity contribution is 5.94. The van der Waals surface area contributed by atoms with Crippen molar-refractivity contribution in [3.05, 3.63) is 54.0 Å². The molecule has 0 saturated carbocycles. The molecule has 0 atom stereocenters. The summed E-state index contributed by atoms with van der Waals surface area (Å²) in [5.41, 5.74) is 1.82. The molecule has 0 spiro atoms. The third-order valence-electron chi connectivity index (χ3n) is 4.89. The van der Waals surface area contributed by atoms with Gasteiger partial charge in [-0.2, -0.15) is 0 Å². The predicted molar refractivity (Wildman–Crippen MR) is 108 cm³/mol. The molecule has 2 heterocycles. The van der Waals surface area contributed by atoms with Crippen LogP contribution in [0.1, 0.15) is 16.1 Å². The summed E-state index contributed by atoms with van der Waals surface area (Å²) in [5.74, 6) is -0.173. The standard InChI is InChI=1S/C21H26N4O4/c1-16-5-7-17(8-6-16)22-19(26)14-23(2)20(27)15-24-9-11-25(12-10-24)21(28)18-4-3-13-29-18/h3-8,13H,9-12,14-15H2,1-2H3,(H,22,26). The molecular formula is C21H26N4O4. The summed E-state index contributed by atoms with van der Waals surface area (Å²) in [7, 11) is 1.62. The van der Waals surface area contributed by atoms with Gasteiger partial charge in [-0.15, -0.1) is 0 Å². The van der Waals surface area contributed by atoms with Gasteiger partial charge in [0.05, 0.1) is 19.4 Å². The van der Waals surface area contributed by atoms with E-state index in [1.165, 1.54) is 11.2 Å². The molecule has 3 amide bonds. The highest BCUT2D eigenvalue weighted by Crippen LogP contribution is 2.10. The first-order valence-electron chi connectivity index (χ1n) is 9.58. The zero-order chi connectivity index (χ0) is 20.8. The SMILES string of the molecule is Cc1ccc(NC(=O)CN(C)C(=O)CN2CCN(C(=O)c3ccco3)CC2)cc1. The topological polar surface area (TPSA) is 86.1 Å². The molecule has 3 rings (SSSR count). The van der Waals surface area contributed by atoms with Crippen LogP contribution in [0.5, 0.6) is 0 Å². The molecule has 0 unspecified atom stereocenters. The predicted octanol–water partition coefficient (Wildman–Crippen LogP) is 1.44. The van der Waals surface area contributed by atoms with Crippen LogP contribution in [-0.2, 0) is 9.59 Å². The lowest BCUT2D eigenvalue weighted by molar-refractivity contribution is -0.134. The number of piperazine rings is 1. The molecule has 1 aliphatic rings. The Balaban J connectivity index is 1.41. The van der Waals surface area contributed by atoms with E-state index in [-0.39, 0.29) is 30.8 Å². The van der Waals surface area contributed by atoms with Gasteiger partial charge < -0.3 is 19.5 Å². The molecule has 8 nitrogen and oxygen atoms in total. The van der Waals surface area contributed by atoms with Gasteiger partial charge in [0.15, 0.2) is 5.76 Å². The van der Waals surface area contributed by atoms with E-state index in [1.807, 2.05) is 36.1 Å². The van der Waals surface area contributed by atoms with Crippen LogP contribution in [-0.4, -0.2) is 78.7 Å². The van der Waals surface area contributed by atoms with Crippen molar-refractivity contribution in [2.45, 2.75) is 6.92 Å². The normalized spacial score (nSPS) is 14.5. The number of carbonyl (C=O) groups is 3. The summed E-state index contributed by atoms with van der Waals surface area (Å²) in [5, 5.41) is 2.79. The molecule has 0 bridgehead atoms. The van der Waals surface area contributed by atoms with Gasteiger partial charge in [0.2, 0.25) is 11.8 Å². The molecule has 154 valence electrons. The van der Waals surface area contributed by atoms with Gasteiger partial charge in [0.1, 0.15) is 0 Å². The number of nitrogens with zero attached hydrogens (tertiary/aromatic N) is 3. The minimum Gasteiger partial charge on any atom is -0.459 e. The van der Waals surface area contributed by atoms with Gasteiger partial charge in [-0.25, -0.2) is 0 Å². The van der Waals surface area contributed by atoms with Crippen molar-refractivity contribution in [3.8, 4) is 0 Å². The van der Waals surface area contributed by atoms with Gasteiger partial charge >= 0.3 is 0 Å². The molecule has 1 aliphatic heterocycles. The summed E-state index contributed by atoms with van der Waals surface area (Å²) in [6, 6.07) is 10.8. The largest absolute Gasteiger partial charge is 0.459 e. The summed E-state index contributed by atoms with van der Waals surface area (Å²) in [6.45, 7) is 4.45. The fourth-order valence-electron chi connectivity index (χ4n) is 3.12. The van der Waals surface area contributed by atoms with Crippen LogP contribution >= 0.6 is 0 Å². The lowest BCUT2D eigenvalue weighted by Gasteiger charge is -2.34. The number of furan rings is 1. The van der Waals surface area contributed by atoms with E-state index in [0.29, 0.717) is 37.6 Å². The summed E-state index contributed by atoms with van der Waals surface area (Å²) in [4.78, 5) is 42.0. The van der Waals surface area contributed by atoms with Crippen LogP contribution in [0.2, 0.25) is 0 Å². The van der Waals surface area contributed by atoms with Crippen molar-refractivity contribution in [2.75, 3.05) is 51.6 Å². The molecule has 0 radical (unpaired) electrons. The minimum atomic E-state index is -0.237. The maximum atomic E-state index is 12.5. The Morgan fingerprint density at radius 3 is 2.38 bits per heavy atom. The van der Waals surface area contributed by atoms with Gasteiger partial charge in [-0.3, -0.25) is 19.3 Å². The molecule has 2 aromatic rings. The first-order valence-corrected chi connectivity index (χ1v) is 9.58. The quantitative estimate of drug-likeness (QED) is 0.796. The van der Waals surface area contributed by atoms with E-state index in [2.05, 4.69) is 5.32 Å². The molecule has 0 aliphatic carbocycles. The zero-order valence-corrected chi connectivity index (χ0v) is 16.8. The van der Waals surface area contributed by atoms with Crippen molar-refractivity contribution in [2.24, 2.45) is 0 Å². The van der Waals surface area contributed by atoms with E-state index in [1.54, 1.807) is 24.1 Å². The molecule has 1 aromatic heterocycles. The molecule has 8 heteroatoms. The zero-order valence-electron chi connectivity index (χ0n) is 16.8. The number of hydrogen-bond acceptors (Lipinski definition) is 5. The summed E-state index contributed by atoms with van der Waals surface area (Å²) < 4.78 is 5.15. The minimum absolute atomic E-state index is 0.0103. The van der Waals surface area contributed by atoms with E-state index in [0.717, 1.165) is 5.56 Å². The molecule has 1 N–H and O–H groups in total. The third-order valence-corrected chi connectivity index (χ3v) is 4.89. The molecule has 1 saturated heterocycles. The van der Waals surface area contributed by atoms with Crippen molar-refractivity contribution in [1.82, 2.24) is 14.7 Å². The third kappa shape index (κ3) is 5.68. The molecular weight excluding hydrogens is 372 g/mol. The average Bonchev–Trinajstić information content (AvgIpc) is 3.24. The van der Waals surface area contributed by atoms with Crippen LogP contribution in [0, 0.1) is 6.92 Å². The first kappa shape index (κ1) is 20.6. The van der Waals surface area contributed by atoms with Gasteiger partial charge in [0, 0.05) is 38.9 Å². The molecule has 29 heavy (non-hydrogen) atoms. The van der Waals surface area contributed by atoms with E-state index < -0.39 is 0 Å². The van der Waals surface area contributed by atoms with Crippen molar-refractivity contribution >= 4 is 23.4 Å². The lowest BCUT2D eigenvalue weighted by atomic mass is 10.2. The van der Waals surface area contributed by atoms with Crippen molar-refractivity contribution in [3.63, 3.8) is 0 Å². The van der Waals surface area contributed by atoms with Gasteiger partial charge in [-0.1, -0.05) is 17.7 Å². The second-order valence-corrected chi connectivity index (χ2v) is 7.21. The highest BCUT2D eigenvalue weighted by atomic mass is 16.3. The first-order chi connectivity index (χ1) is 13.9. The molecule has 1 fully saturated rings. The molecule has 1 aromatic carbocycles. The number of amides is 3. The smallest absolute Gasteiger partial charge is 0.289 e. The lowest BCUT2D eigenvalue weighted by Crippen LogP contribution is -2.51. The van der Waals surface area contributed by atoms with Crippen LogP contribution in [0.4, 0.5) is 5.69 Å². The van der Waals surface area contributed by atoms with Gasteiger partial charge in [0.25, 0.3) is 5.91 Å². The second kappa shape index (κ2) is 9.38. The number of benzene rings is 1. The highest BCUT2D eigenvalue weighted by Gasteiger charge is 2.25. The fraction of sp³-hybridized carbons (Fsp3) is 0.381. The Labute approximate surface area is 170 Å². The number of anilines is 1. The Bertz CT molecular complexity index is 840. The Kier molecular flexibility index (Phi) is 6.66. The number of nitrogens with one attached hydrogen (secondary N) is 1. The number of rotatable bonds is 6. The number of hydrogen-bond donors (Lipinski definition) is 1. The van der Waals surface area contributed by atoms with Crippen LogP contribution < -0.4 is 5.32 Å². The number of carbonyl (C=O) groups excluding carboxylic acids is 3. The van der Waals surface area contributed by atoms with Crippen LogP contribution in [0.15, 0.2) is 47.1 Å². The van der Waals surface area contributed by atoms with E-state index in [9.17, 15) is 14.4 Å². The maximum Gasteiger partial charge on any atom is 0.289 e. The van der Waals surface area contributed by atoms with E-state index >= 15 is 0 Å². The Morgan fingerprint density at radius 2 is 1.76 bits per heavy atom. The Morgan fingerprint density at radius 1 is 1.07 bits per heavy atom. The van der Waals surface area contributed by atoms with E-state index in [4.69, 9.17) is 4.42 Å². The van der Waals surface area contributed by atoms with Crippen LogP contribution in [0.3, 0.4) is 0 Å².